The summed E-state index contributed by atoms with van der Waals surface area (Å²) in [4.78, 5) is 0. The van der Waals surface area contributed by atoms with Gasteiger partial charge in [-0.1, -0.05) is 26.0 Å². The molecule has 0 saturated heterocycles. The van der Waals surface area contributed by atoms with Gasteiger partial charge in [0.15, 0.2) is 0 Å². The Bertz CT molecular complexity index is 443. The quantitative estimate of drug-likeness (QED) is 0.853. The Hall–Kier alpha value is -1.02. The van der Waals surface area contributed by atoms with Gasteiger partial charge in [-0.05, 0) is 50.8 Å². The van der Waals surface area contributed by atoms with Gasteiger partial charge in [0.05, 0.1) is 6.10 Å². The SMILES string of the molecule is CCOC1CC(Nc2cc(C)ccc2C)C1(C)CC. The topological polar surface area (TPSA) is 21.3 Å². The molecule has 0 bridgehead atoms. The third kappa shape index (κ3) is 2.64. The average molecular weight is 261 g/mol. The van der Waals surface area contributed by atoms with Gasteiger partial charge in [-0.3, -0.25) is 0 Å². The van der Waals surface area contributed by atoms with Crippen LogP contribution < -0.4 is 5.32 Å². The standard InChI is InChI=1S/C17H27NO/c1-6-17(5)15(11-16(17)19-7-2)18-14-10-12(3)8-9-13(14)4/h8-10,15-16,18H,6-7,11H2,1-5H3. The lowest BCUT2D eigenvalue weighted by molar-refractivity contribution is -0.109. The first-order chi connectivity index (χ1) is 9.01. The molecule has 3 unspecified atom stereocenters. The van der Waals surface area contributed by atoms with Gasteiger partial charge in [-0.2, -0.15) is 0 Å². The third-order valence-electron chi connectivity index (χ3n) is 4.83. The van der Waals surface area contributed by atoms with Crippen molar-refractivity contribution in [2.24, 2.45) is 5.41 Å². The van der Waals surface area contributed by atoms with E-state index in [-0.39, 0.29) is 5.41 Å². The molecule has 0 spiro atoms. The number of hydrogen-bond donors (Lipinski definition) is 1. The molecule has 1 aliphatic carbocycles. The first kappa shape index (κ1) is 14.4. The van der Waals surface area contributed by atoms with E-state index in [1.54, 1.807) is 0 Å². The Labute approximate surface area is 117 Å². The molecule has 1 aromatic rings. The highest BCUT2D eigenvalue weighted by molar-refractivity contribution is 5.54. The number of ether oxygens (including phenoxy) is 1. The Morgan fingerprint density at radius 3 is 2.68 bits per heavy atom. The van der Waals surface area contributed by atoms with Crippen molar-refractivity contribution in [3.05, 3.63) is 29.3 Å². The molecule has 2 heteroatoms. The van der Waals surface area contributed by atoms with Crippen LogP contribution in [0.4, 0.5) is 5.69 Å². The van der Waals surface area contributed by atoms with Crippen molar-refractivity contribution in [1.82, 2.24) is 0 Å². The molecule has 0 aromatic heterocycles. The Morgan fingerprint density at radius 1 is 1.32 bits per heavy atom. The second-order valence-corrected chi connectivity index (χ2v) is 6.05. The van der Waals surface area contributed by atoms with E-state index in [9.17, 15) is 0 Å². The van der Waals surface area contributed by atoms with Crippen LogP contribution in [0.25, 0.3) is 0 Å². The van der Waals surface area contributed by atoms with Gasteiger partial charge in [0.2, 0.25) is 0 Å². The number of nitrogens with one attached hydrogen (secondary N) is 1. The second kappa shape index (κ2) is 5.54. The molecule has 106 valence electrons. The molecule has 1 aliphatic rings. The van der Waals surface area contributed by atoms with E-state index in [2.05, 4.69) is 58.1 Å². The van der Waals surface area contributed by atoms with E-state index in [4.69, 9.17) is 4.74 Å². The Balaban J connectivity index is 2.10. The maximum atomic E-state index is 5.87. The second-order valence-electron chi connectivity index (χ2n) is 6.05. The lowest BCUT2D eigenvalue weighted by Gasteiger charge is -2.54. The van der Waals surface area contributed by atoms with Gasteiger partial charge in [-0.25, -0.2) is 0 Å². The van der Waals surface area contributed by atoms with Gasteiger partial charge in [0.25, 0.3) is 0 Å². The number of rotatable bonds is 5. The molecule has 0 radical (unpaired) electrons. The van der Waals surface area contributed by atoms with E-state index < -0.39 is 0 Å². The van der Waals surface area contributed by atoms with E-state index in [1.165, 1.54) is 16.8 Å². The van der Waals surface area contributed by atoms with E-state index in [1.807, 2.05) is 0 Å². The summed E-state index contributed by atoms with van der Waals surface area (Å²) >= 11 is 0. The fourth-order valence-corrected chi connectivity index (χ4v) is 3.05. The van der Waals surface area contributed by atoms with Crippen molar-refractivity contribution in [3.63, 3.8) is 0 Å². The minimum absolute atomic E-state index is 0.256. The van der Waals surface area contributed by atoms with Crippen LogP contribution in [0.15, 0.2) is 18.2 Å². The summed E-state index contributed by atoms with van der Waals surface area (Å²) < 4.78 is 5.87. The fraction of sp³-hybridized carbons (Fsp3) is 0.647. The molecule has 2 nitrogen and oxygen atoms in total. The summed E-state index contributed by atoms with van der Waals surface area (Å²) in [6.45, 7) is 11.8. The van der Waals surface area contributed by atoms with Crippen molar-refractivity contribution in [2.75, 3.05) is 11.9 Å². The molecule has 0 aliphatic heterocycles. The maximum Gasteiger partial charge on any atom is 0.0667 e. The van der Waals surface area contributed by atoms with Crippen molar-refractivity contribution in [3.8, 4) is 0 Å². The third-order valence-corrected chi connectivity index (χ3v) is 4.83. The van der Waals surface area contributed by atoms with Crippen LogP contribution in [0.3, 0.4) is 0 Å². The highest BCUT2D eigenvalue weighted by Gasteiger charge is 2.51. The number of benzene rings is 1. The predicted molar refractivity (Wildman–Crippen MR) is 81.8 cm³/mol. The first-order valence-corrected chi connectivity index (χ1v) is 7.46. The van der Waals surface area contributed by atoms with Crippen molar-refractivity contribution < 1.29 is 4.74 Å². The van der Waals surface area contributed by atoms with Crippen LogP contribution in [-0.4, -0.2) is 18.8 Å². The fourth-order valence-electron chi connectivity index (χ4n) is 3.05. The summed E-state index contributed by atoms with van der Waals surface area (Å²) in [6.07, 6.45) is 2.68. The van der Waals surface area contributed by atoms with Crippen LogP contribution in [-0.2, 0) is 4.74 Å². The van der Waals surface area contributed by atoms with Crippen LogP contribution in [0.2, 0.25) is 0 Å². The van der Waals surface area contributed by atoms with Crippen LogP contribution in [0, 0.1) is 19.3 Å². The van der Waals surface area contributed by atoms with Crippen molar-refractivity contribution >= 4 is 5.69 Å². The molecule has 1 saturated carbocycles. The summed E-state index contributed by atoms with van der Waals surface area (Å²) in [5.74, 6) is 0. The summed E-state index contributed by atoms with van der Waals surface area (Å²) in [6, 6.07) is 7.14. The highest BCUT2D eigenvalue weighted by atomic mass is 16.5. The Morgan fingerprint density at radius 2 is 2.05 bits per heavy atom. The normalized spacial score (nSPS) is 29.9. The number of aryl methyl sites for hydroxylation is 2. The summed E-state index contributed by atoms with van der Waals surface area (Å²) in [7, 11) is 0. The molecule has 3 atom stereocenters. The molecule has 1 aromatic carbocycles. The molecule has 1 N–H and O–H groups in total. The van der Waals surface area contributed by atoms with Gasteiger partial charge in [0, 0.05) is 23.8 Å². The smallest absolute Gasteiger partial charge is 0.0667 e. The van der Waals surface area contributed by atoms with Crippen molar-refractivity contribution in [2.45, 2.75) is 59.6 Å². The summed E-state index contributed by atoms with van der Waals surface area (Å²) in [5.41, 5.74) is 4.17. The molecule has 0 amide bonds. The van der Waals surface area contributed by atoms with Crippen molar-refractivity contribution in [1.29, 1.82) is 0 Å². The zero-order valence-corrected chi connectivity index (χ0v) is 12.9. The van der Waals surface area contributed by atoms with Gasteiger partial charge in [-0.15, -0.1) is 0 Å². The largest absolute Gasteiger partial charge is 0.381 e. The van der Waals surface area contributed by atoms with Gasteiger partial charge >= 0.3 is 0 Å². The first-order valence-electron chi connectivity index (χ1n) is 7.46. The molecular weight excluding hydrogens is 234 g/mol. The lowest BCUT2D eigenvalue weighted by atomic mass is 9.61. The monoisotopic (exact) mass is 261 g/mol. The molecule has 0 heterocycles. The number of anilines is 1. The molecule has 1 fully saturated rings. The predicted octanol–water partition coefficient (Wildman–Crippen LogP) is 4.31. The number of hydrogen-bond acceptors (Lipinski definition) is 2. The minimum atomic E-state index is 0.256. The van der Waals surface area contributed by atoms with E-state index in [0.717, 1.165) is 19.4 Å². The summed E-state index contributed by atoms with van der Waals surface area (Å²) in [5, 5.41) is 3.74. The minimum Gasteiger partial charge on any atom is -0.381 e. The zero-order chi connectivity index (χ0) is 14.0. The molecular formula is C17H27NO. The average Bonchev–Trinajstić information content (AvgIpc) is 2.40. The van der Waals surface area contributed by atoms with Crippen LogP contribution >= 0.6 is 0 Å². The van der Waals surface area contributed by atoms with Crippen LogP contribution in [0.5, 0.6) is 0 Å². The molecule has 2 rings (SSSR count). The Kier molecular flexibility index (Phi) is 4.19. The lowest BCUT2D eigenvalue weighted by Crippen LogP contribution is -2.59. The van der Waals surface area contributed by atoms with E-state index >= 15 is 0 Å². The molecule has 19 heavy (non-hydrogen) atoms. The highest BCUT2D eigenvalue weighted by Crippen LogP contribution is 2.47. The van der Waals surface area contributed by atoms with Gasteiger partial charge in [0.1, 0.15) is 0 Å². The van der Waals surface area contributed by atoms with Gasteiger partial charge < -0.3 is 10.1 Å². The van der Waals surface area contributed by atoms with Crippen LogP contribution in [0.1, 0.15) is 44.7 Å². The zero-order valence-electron chi connectivity index (χ0n) is 12.9. The van der Waals surface area contributed by atoms with E-state index in [0.29, 0.717) is 12.1 Å². The maximum absolute atomic E-state index is 5.87.